The first-order valence-corrected chi connectivity index (χ1v) is 6.64. The molecule has 0 amide bonds. The van der Waals surface area contributed by atoms with Crippen molar-refractivity contribution in [2.45, 2.75) is 33.3 Å². The highest BCUT2D eigenvalue weighted by molar-refractivity contribution is 6.22. The van der Waals surface area contributed by atoms with Gasteiger partial charge in [-0.05, 0) is 39.8 Å². The Labute approximate surface area is 131 Å². The number of benzene rings is 1. The van der Waals surface area contributed by atoms with E-state index >= 15 is 0 Å². The Kier molecular flexibility index (Phi) is 5.33. The van der Waals surface area contributed by atoms with Crippen molar-refractivity contribution in [1.29, 1.82) is 5.26 Å². The third-order valence-corrected chi connectivity index (χ3v) is 2.75. The average Bonchev–Trinajstić information content (AvgIpc) is 2.38. The number of hydrogen-bond acceptors (Lipinski definition) is 5. The third kappa shape index (κ3) is 4.42. The summed E-state index contributed by atoms with van der Waals surface area (Å²) < 4.78 is 32.4. The fraction of sp³-hybridized carbons (Fsp3) is 0.375. The van der Waals surface area contributed by atoms with Gasteiger partial charge in [-0.3, -0.25) is 14.4 Å². The highest BCUT2D eigenvalue weighted by Gasteiger charge is 2.37. The van der Waals surface area contributed by atoms with E-state index in [1.165, 1.54) is 26.8 Å². The SMILES string of the molecule is CC(=O)C(C(=O)OC(C)(C)C)C(=O)c1cc(F)c(C#N)cc1F. The van der Waals surface area contributed by atoms with Gasteiger partial charge in [-0.15, -0.1) is 0 Å². The summed E-state index contributed by atoms with van der Waals surface area (Å²) >= 11 is 0. The van der Waals surface area contributed by atoms with Crippen LogP contribution in [0.15, 0.2) is 12.1 Å². The number of hydrogen-bond donors (Lipinski definition) is 0. The predicted molar refractivity (Wildman–Crippen MR) is 75.4 cm³/mol. The zero-order valence-corrected chi connectivity index (χ0v) is 13.1. The molecule has 1 aromatic carbocycles. The molecule has 0 aliphatic heterocycles. The van der Waals surface area contributed by atoms with Gasteiger partial charge in [0.15, 0.2) is 17.5 Å². The minimum absolute atomic E-state index is 0.497. The molecule has 1 unspecified atom stereocenters. The van der Waals surface area contributed by atoms with Crippen molar-refractivity contribution in [3.8, 4) is 6.07 Å². The molecule has 5 nitrogen and oxygen atoms in total. The van der Waals surface area contributed by atoms with Crippen molar-refractivity contribution < 1.29 is 27.9 Å². The Balaban J connectivity index is 3.28. The average molecular weight is 323 g/mol. The number of Topliss-reactive ketones (excluding diaryl/α,β-unsaturated/α-hetero) is 2. The second-order valence-electron chi connectivity index (χ2n) is 5.87. The maximum atomic E-state index is 13.9. The molecule has 23 heavy (non-hydrogen) atoms. The summed E-state index contributed by atoms with van der Waals surface area (Å²) in [6, 6.07) is 2.46. The van der Waals surface area contributed by atoms with E-state index in [1.807, 2.05) is 0 Å². The zero-order valence-electron chi connectivity index (χ0n) is 13.1. The van der Waals surface area contributed by atoms with Crippen molar-refractivity contribution in [2.75, 3.05) is 0 Å². The summed E-state index contributed by atoms with van der Waals surface area (Å²) in [6.07, 6.45) is 0. The number of nitriles is 1. The summed E-state index contributed by atoms with van der Waals surface area (Å²) in [7, 11) is 0. The molecule has 0 aromatic heterocycles. The molecule has 7 heteroatoms. The number of ketones is 2. The lowest BCUT2D eigenvalue weighted by Crippen LogP contribution is -2.37. The van der Waals surface area contributed by atoms with Gasteiger partial charge in [-0.25, -0.2) is 8.78 Å². The van der Waals surface area contributed by atoms with Crippen LogP contribution in [0.2, 0.25) is 0 Å². The van der Waals surface area contributed by atoms with Crippen LogP contribution in [0.25, 0.3) is 0 Å². The lowest BCUT2D eigenvalue weighted by atomic mass is 9.93. The number of nitrogens with zero attached hydrogens (tertiary/aromatic N) is 1. The van der Waals surface area contributed by atoms with Crippen molar-refractivity contribution in [3.05, 3.63) is 34.9 Å². The maximum absolute atomic E-state index is 13.9. The highest BCUT2D eigenvalue weighted by atomic mass is 19.1. The second-order valence-corrected chi connectivity index (χ2v) is 5.87. The van der Waals surface area contributed by atoms with Gasteiger partial charge < -0.3 is 4.74 Å². The molecule has 0 fully saturated rings. The Morgan fingerprint density at radius 3 is 2.17 bits per heavy atom. The Hall–Kier alpha value is -2.62. The van der Waals surface area contributed by atoms with Crippen LogP contribution in [0.1, 0.15) is 43.6 Å². The van der Waals surface area contributed by atoms with Gasteiger partial charge in [0.25, 0.3) is 0 Å². The molecule has 1 atom stereocenters. The first-order valence-electron chi connectivity index (χ1n) is 6.64. The van der Waals surface area contributed by atoms with Gasteiger partial charge in [0.2, 0.25) is 0 Å². The van der Waals surface area contributed by atoms with E-state index in [-0.39, 0.29) is 0 Å². The van der Waals surface area contributed by atoms with Gasteiger partial charge >= 0.3 is 5.97 Å². The molecule has 1 aromatic rings. The van der Waals surface area contributed by atoms with Gasteiger partial charge in [0.1, 0.15) is 23.3 Å². The van der Waals surface area contributed by atoms with Crippen LogP contribution in [0, 0.1) is 28.9 Å². The van der Waals surface area contributed by atoms with Crippen molar-refractivity contribution in [1.82, 2.24) is 0 Å². The van der Waals surface area contributed by atoms with E-state index in [0.29, 0.717) is 12.1 Å². The standard InChI is InChI=1S/C16H15F2NO4/c1-8(20)13(15(22)23-16(2,3)4)14(21)10-6-11(17)9(7-19)5-12(10)18/h5-6,13H,1-4H3. The van der Waals surface area contributed by atoms with Crippen LogP contribution in [0.5, 0.6) is 0 Å². The largest absolute Gasteiger partial charge is 0.459 e. The van der Waals surface area contributed by atoms with Crippen LogP contribution in [0.3, 0.4) is 0 Å². The van der Waals surface area contributed by atoms with Gasteiger partial charge in [-0.1, -0.05) is 0 Å². The Bertz CT molecular complexity index is 714. The molecule has 0 aliphatic rings. The van der Waals surface area contributed by atoms with Gasteiger partial charge in [0.05, 0.1) is 11.1 Å². The molecule has 122 valence electrons. The Morgan fingerprint density at radius 1 is 1.17 bits per heavy atom. The smallest absolute Gasteiger partial charge is 0.325 e. The van der Waals surface area contributed by atoms with E-state index < -0.39 is 51.8 Å². The summed E-state index contributed by atoms with van der Waals surface area (Å²) in [5, 5.41) is 8.62. The van der Waals surface area contributed by atoms with E-state index in [4.69, 9.17) is 10.00 Å². The number of carbonyl (C=O) groups is 3. The lowest BCUT2D eigenvalue weighted by molar-refractivity contribution is -0.159. The van der Waals surface area contributed by atoms with Gasteiger partial charge in [-0.2, -0.15) is 5.26 Å². The maximum Gasteiger partial charge on any atom is 0.325 e. The molecular formula is C16H15F2NO4. The van der Waals surface area contributed by atoms with Crippen LogP contribution >= 0.6 is 0 Å². The molecule has 1 rings (SSSR count). The molecule has 0 heterocycles. The normalized spacial score (nSPS) is 12.2. The molecule has 0 N–H and O–H groups in total. The Morgan fingerprint density at radius 2 is 1.74 bits per heavy atom. The summed E-state index contributed by atoms with van der Waals surface area (Å²) in [6.45, 7) is 5.59. The fourth-order valence-electron chi connectivity index (χ4n) is 1.80. The summed E-state index contributed by atoms with van der Waals surface area (Å²) in [4.78, 5) is 35.9. The molecule has 0 saturated heterocycles. The van der Waals surface area contributed by atoms with Crippen LogP contribution in [0.4, 0.5) is 8.78 Å². The number of halogens is 2. The molecule has 0 saturated carbocycles. The quantitative estimate of drug-likeness (QED) is 0.483. The molecule has 0 bridgehead atoms. The van der Waals surface area contributed by atoms with Crippen molar-refractivity contribution >= 4 is 17.5 Å². The topological polar surface area (TPSA) is 84.2 Å². The van der Waals surface area contributed by atoms with Crippen LogP contribution in [-0.4, -0.2) is 23.1 Å². The summed E-state index contributed by atoms with van der Waals surface area (Å²) in [5.41, 5.74) is -2.33. The number of carbonyl (C=O) groups excluding carboxylic acids is 3. The number of esters is 1. The highest BCUT2D eigenvalue weighted by Crippen LogP contribution is 2.21. The molecule has 0 spiro atoms. The van der Waals surface area contributed by atoms with Gasteiger partial charge in [0, 0.05) is 0 Å². The third-order valence-electron chi connectivity index (χ3n) is 2.75. The van der Waals surface area contributed by atoms with Crippen LogP contribution < -0.4 is 0 Å². The first-order chi connectivity index (χ1) is 10.5. The van der Waals surface area contributed by atoms with Crippen molar-refractivity contribution in [2.24, 2.45) is 5.92 Å². The molecule has 0 radical (unpaired) electrons. The minimum atomic E-state index is -1.89. The fourth-order valence-corrected chi connectivity index (χ4v) is 1.80. The number of rotatable bonds is 4. The predicted octanol–water partition coefficient (Wildman–Crippen LogP) is 2.57. The van der Waals surface area contributed by atoms with E-state index in [1.54, 1.807) is 0 Å². The van der Waals surface area contributed by atoms with E-state index in [9.17, 15) is 23.2 Å². The van der Waals surface area contributed by atoms with E-state index in [2.05, 4.69) is 0 Å². The summed E-state index contributed by atoms with van der Waals surface area (Å²) in [5.74, 6) is -7.41. The zero-order chi connectivity index (χ0) is 17.9. The monoisotopic (exact) mass is 323 g/mol. The minimum Gasteiger partial charge on any atom is -0.459 e. The lowest BCUT2D eigenvalue weighted by Gasteiger charge is -2.22. The first kappa shape index (κ1) is 18.4. The van der Waals surface area contributed by atoms with E-state index in [0.717, 1.165) is 6.92 Å². The molecule has 0 aliphatic carbocycles. The van der Waals surface area contributed by atoms with Crippen molar-refractivity contribution in [3.63, 3.8) is 0 Å². The second kappa shape index (κ2) is 6.65. The molecular weight excluding hydrogens is 308 g/mol. The van der Waals surface area contributed by atoms with Crippen LogP contribution in [-0.2, 0) is 14.3 Å². The number of ether oxygens (including phenoxy) is 1.